The van der Waals surface area contributed by atoms with Crippen molar-refractivity contribution in [1.29, 1.82) is 0 Å². The van der Waals surface area contributed by atoms with Crippen molar-refractivity contribution in [3.8, 4) is 0 Å². The van der Waals surface area contributed by atoms with E-state index >= 15 is 0 Å². The van der Waals surface area contributed by atoms with Crippen LogP contribution in [0.15, 0.2) is 50.8 Å². The van der Waals surface area contributed by atoms with E-state index in [1.807, 2.05) is 24.3 Å². The summed E-state index contributed by atoms with van der Waals surface area (Å²) in [4.78, 5) is 19.8. The first-order chi connectivity index (χ1) is 12.7. The lowest BCUT2D eigenvalue weighted by molar-refractivity contribution is 0.559. The zero-order valence-electron chi connectivity index (χ0n) is 13.8. The predicted octanol–water partition coefficient (Wildman–Crippen LogP) is 5.10. The first-order valence-electron chi connectivity index (χ1n) is 8.52. The molecule has 0 amide bonds. The molecule has 130 valence electrons. The molecule has 2 aromatic carbocycles. The highest BCUT2D eigenvalue weighted by molar-refractivity contribution is 7.98. The molecule has 5 rings (SSSR count). The van der Waals surface area contributed by atoms with Crippen LogP contribution in [0.2, 0.25) is 5.02 Å². The van der Waals surface area contributed by atoms with Crippen molar-refractivity contribution in [2.75, 3.05) is 0 Å². The average Bonchev–Trinajstić information content (AvgIpc) is 3.23. The van der Waals surface area contributed by atoms with E-state index in [1.54, 1.807) is 17.8 Å². The summed E-state index contributed by atoms with van der Waals surface area (Å²) < 4.78 is 5.44. The zero-order valence-corrected chi connectivity index (χ0v) is 15.4. The van der Waals surface area contributed by atoms with Gasteiger partial charge in [0.1, 0.15) is 5.58 Å². The van der Waals surface area contributed by atoms with Gasteiger partial charge in [-0.25, -0.2) is 9.78 Å². The summed E-state index contributed by atoms with van der Waals surface area (Å²) in [5.74, 6) is 0.647. The molecule has 1 N–H and O–H groups in total. The van der Waals surface area contributed by atoms with Crippen molar-refractivity contribution in [3.05, 3.63) is 68.5 Å². The van der Waals surface area contributed by atoms with E-state index in [0.29, 0.717) is 16.4 Å². The number of benzene rings is 2. The van der Waals surface area contributed by atoms with Crippen molar-refractivity contribution in [3.63, 3.8) is 0 Å². The van der Waals surface area contributed by atoms with E-state index < -0.39 is 0 Å². The maximum Gasteiger partial charge on any atom is 0.336 e. The Morgan fingerprint density at radius 3 is 2.88 bits per heavy atom. The van der Waals surface area contributed by atoms with Gasteiger partial charge in [-0.15, -0.1) is 0 Å². The Balaban J connectivity index is 1.51. The standard InChI is InChI=1S/C20H15ClN2O2S/c21-14-4-5-16-17(9-14)23-20(22-16)26-10-13-8-19(24)25-18-7-12-3-1-2-11(12)6-15(13)18/h4-9H,1-3,10H2,(H,22,23). The van der Waals surface area contributed by atoms with Gasteiger partial charge in [-0.2, -0.15) is 0 Å². The van der Waals surface area contributed by atoms with Crippen LogP contribution in [-0.4, -0.2) is 9.97 Å². The normalized spacial score (nSPS) is 13.6. The predicted molar refractivity (Wildman–Crippen MR) is 105 cm³/mol. The van der Waals surface area contributed by atoms with Gasteiger partial charge < -0.3 is 9.40 Å². The number of imidazole rings is 1. The summed E-state index contributed by atoms with van der Waals surface area (Å²) in [6.07, 6.45) is 3.33. The smallest absolute Gasteiger partial charge is 0.336 e. The van der Waals surface area contributed by atoms with Crippen molar-refractivity contribution < 1.29 is 4.42 Å². The molecule has 1 aliphatic carbocycles. The van der Waals surface area contributed by atoms with Crippen LogP contribution >= 0.6 is 23.4 Å². The molecule has 4 nitrogen and oxygen atoms in total. The van der Waals surface area contributed by atoms with Gasteiger partial charge in [0.2, 0.25) is 0 Å². The first kappa shape index (κ1) is 16.0. The van der Waals surface area contributed by atoms with Gasteiger partial charge in [-0.3, -0.25) is 0 Å². The second kappa shape index (κ2) is 6.18. The van der Waals surface area contributed by atoms with Crippen LogP contribution in [0.3, 0.4) is 0 Å². The molecule has 0 fully saturated rings. The van der Waals surface area contributed by atoms with Gasteiger partial charge in [0.15, 0.2) is 5.16 Å². The molecule has 0 aliphatic heterocycles. The number of fused-ring (bicyclic) bond motifs is 3. The zero-order chi connectivity index (χ0) is 17.7. The van der Waals surface area contributed by atoms with Gasteiger partial charge in [0.25, 0.3) is 0 Å². The van der Waals surface area contributed by atoms with Crippen molar-refractivity contribution in [2.24, 2.45) is 0 Å². The highest BCUT2D eigenvalue weighted by atomic mass is 35.5. The van der Waals surface area contributed by atoms with Crippen LogP contribution in [0.25, 0.3) is 22.0 Å². The third kappa shape index (κ3) is 2.81. The lowest BCUT2D eigenvalue weighted by atomic mass is 10.0. The number of nitrogens with one attached hydrogen (secondary N) is 1. The molecule has 4 aromatic rings. The fourth-order valence-corrected chi connectivity index (χ4v) is 4.64. The number of rotatable bonds is 3. The van der Waals surface area contributed by atoms with Crippen LogP contribution in [0.5, 0.6) is 0 Å². The summed E-state index contributed by atoms with van der Waals surface area (Å²) in [7, 11) is 0. The topological polar surface area (TPSA) is 58.9 Å². The fraction of sp³-hybridized carbons (Fsp3) is 0.200. The first-order valence-corrected chi connectivity index (χ1v) is 9.89. The third-order valence-corrected chi connectivity index (χ3v) is 5.99. The molecule has 6 heteroatoms. The Labute approximate surface area is 158 Å². The number of aryl methyl sites for hydroxylation is 2. The van der Waals surface area contributed by atoms with Gasteiger partial charge >= 0.3 is 5.63 Å². The second-order valence-corrected chi connectivity index (χ2v) is 7.95. The van der Waals surface area contributed by atoms with Gasteiger partial charge in [-0.05, 0) is 66.3 Å². The summed E-state index contributed by atoms with van der Waals surface area (Å²) in [6.45, 7) is 0. The van der Waals surface area contributed by atoms with Crippen LogP contribution in [0.1, 0.15) is 23.1 Å². The quantitative estimate of drug-likeness (QED) is 0.395. The second-order valence-electron chi connectivity index (χ2n) is 6.55. The summed E-state index contributed by atoms with van der Waals surface area (Å²) >= 11 is 7.60. The number of H-pyrrole nitrogens is 1. The third-order valence-electron chi connectivity index (χ3n) is 4.83. The molecule has 2 heterocycles. The highest BCUT2D eigenvalue weighted by Gasteiger charge is 2.15. The average molecular weight is 383 g/mol. The Morgan fingerprint density at radius 1 is 1.15 bits per heavy atom. The van der Waals surface area contributed by atoms with E-state index in [-0.39, 0.29) is 5.63 Å². The lowest BCUT2D eigenvalue weighted by Crippen LogP contribution is -2.01. The molecule has 26 heavy (non-hydrogen) atoms. The van der Waals surface area contributed by atoms with E-state index in [1.165, 1.54) is 17.5 Å². The highest BCUT2D eigenvalue weighted by Crippen LogP contribution is 2.31. The van der Waals surface area contributed by atoms with Gasteiger partial charge in [0, 0.05) is 22.2 Å². The number of hydrogen-bond acceptors (Lipinski definition) is 4. The van der Waals surface area contributed by atoms with E-state index in [9.17, 15) is 4.79 Å². The fourth-order valence-electron chi connectivity index (χ4n) is 3.59. The Hall–Kier alpha value is -2.24. The largest absolute Gasteiger partial charge is 0.423 e. The van der Waals surface area contributed by atoms with Gasteiger partial charge in [0.05, 0.1) is 11.0 Å². The SMILES string of the molecule is O=c1cc(CSc2nc3ccc(Cl)cc3[nH]2)c2cc3c(cc2o1)CCC3. The molecule has 2 aromatic heterocycles. The van der Waals surface area contributed by atoms with Crippen molar-refractivity contribution in [2.45, 2.75) is 30.2 Å². The number of aromatic nitrogens is 2. The van der Waals surface area contributed by atoms with Crippen molar-refractivity contribution >= 4 is 45.4 Å². The van der Waals surface area contributed by atoms with E-state index in [2.05, 4.69) is 16.0 Å². The molecule has 0 spiro atoms. The van der Waals surface area contributed by atoms with Gasteiger partial charge in [-0.1, -0.05) is 23.4 Å². The molecule has 0 saturated carbocycles. The maximum atomic E-state index is 12.0. The summed E-state index contributed by atoms with van der Waals surface area (Å²) in [6, 6.07) is 11.4. The van der Waals surface area contributed by atoms with E-state index in [0.717, 1.165) is 40.0 Å². The van der Waals surface area contributed by atoms with Crippen LogP contribution in [-0.2, 0) is 18.6 Å². The minimum atomic E-state index is -0.303. The molecule has 0 bridgehead atoms. The molecular formula is C20H15ClN2O2S. The Bertz CT molecular complexity index is 1210. The summed E-state index contributed by atoms with van der Waals surface area (Å²) in [5, 5.41) is 2.51. The lowest BCUT2D eigenvalue weighted by Gasteiger charge is -2.07. The Morgan fingerprint density at radius 2 is 2.00 bits per heavy atom. The minimum absolute atomic E-state index is 0.303. The monoisotopic (exact) mass is 382 g/mol. The van der Waals surface area contributed by atoms with E-state index in [4.69, 9.17) is 16.0 Å². The van der Waals surface area contributed by atoms with Crippen LogP contribution in [0.4, 0.5) is 0 Å². The van der Waals surface area contributed by atoms with Crippen molar-refractivity contribution in [1.82, 2.24) is 9.97 Å². The molecular weight excluding hydrogens is 368 g/mol. The van der Waals surface area contributed by atoms with Crippen LogP contribution in [0, 0.1) is 0 Å². The molecule has 0 saturated heterocycles. The number of hydrogen-bond donors (Lipinski definition) is 1. The number of thioether (sulfide) groups is 1. The maximum absolute atomic E-state index is 12.0. The Kier molecular flexibility index (Phi) is 3.80. The molecule has 0 radical (unpaired) electrons. The molecule has 0 atom stereocenters. The summed E-state index contributed by atoms with van der Waals surface area (Å²) in [5.41, 5.74) is 5.83. The number of nitrogens with zero attached hydrogens (tertiary/aromatic N) is 1. The number of aromatic amines is 1. The minimum Gasteiger partial charge on any atom is -0.423 e. The molecule has 1 aliphatic rings. The van der Waals surface area contributed by atoms with Crippen LogP contribution < -0.4 is 5.63 Å². The number of halogens is 1. The molecule has 0 unspecified atom stereocenters.